The average Bonchev–Trinajstić information content (AvgIpc) is 3.04. The number of carbonyl (C=O) groups excluding carboxylic acids is 1. The predicted molar refractivity (Wildman–Crippen MR) is 93.0 cm³/mol. The summed E-state index contributed by atoms with van der Waals surface area (Å²) in [4.78, 5) is 14.0. The Hall–Kier alpha value is -3.06. The van der Waals surface area contributed by atoms with Crippen LogP contribution in [-0.4, -0.2) is 12.6 Å². The van der Waals surface area contributed by atoms with Crippen LogP contribution in [0.25, 0.3) is 6.08 Å². The van der Waals surface area contributed by atoms with E-state index in [1.54, 1.807) is 13.0 Å². The fourth-order valence-corrected chi connectivity index (χ4v) is 2.81. The van der Waals surface area contributed by atoms with Crippen molar-refractivity contribution in [2.75, 3.05) is 11.5 Å². The largest absolute Gasteiger partial charge is 0.462 e. The Morgan fingerprint density at radius 3 is 2.33 bits per heavy atom. The van der Waals surface area contributed by atoms with Gasteiger partial charge in [-0.3, -0.25) is 0 Å². The molecule has 4 nitrogen and oxygen atoms in total. The molecule has 0 spiro atoms. The highest BCUT2D eigenvalue weighted by Gasteiger charge is 2.18. The molecule has 1 aliphatic rings. The molecule has 0 aliphatic carbocycles. The minimum Gasteiger partial charge on any atom is -0.462 e. The highest BCUT2D eigenvalue weighted by Crippen LogP contribution is 2.28. The number of hydrogen-bond acceptors (Lipinski definition) is 4. The van der Waals surface area contributed by atoms with Gasteiger partial charge in [0, 0.05) is 18.8 Å². The van der Waals surface area contributed by atoms with Crippen molar-refractivity contribution in [1.82, 2.24) is 0 Å². The zero-order valence-corrected chi connectivity index (χ0v) is 13.5. The summed E-state index contributed by atoms with van der Waals surface area (Å²) in [6.45, 7) is 3.78. The van der Waals surface area contributed by atoms with Crippen LogP contribution in [0.5, 0.6) is 0 Å². The van der Waals surface area contributed by atoms with Crippen LogP contribution in [0.15, 0.2) is 54.1 Å². The molecular formula is C20H18N2O2. The van der Waals surface area contributed by atoms with Gasteiger partial charge in [0.05, 0.1) is 6.61 Å². The van der Waals surface area contributed by atoms with E-state index < -0.39 is 5.97 Å². The Kier molecular flexibility index (Phi) is 4.62. The van der Waals surface area contributed by atoms with Crippen LogP contribution in [0, 0.1) is 11.3 Å². The number of rotatable bonds is 4. The van der Waals surface area contributed by atoms with Crippen LogP contribution >= 0.6 is 0 Å². The summed E-state index contributed by atoms with van der Waals surface area (Å²) >= 11 is 0. The monoisotopic (exact) mass is 318 g/mol. The number of anilines is 1. The van der Waals surface area contributed by atoms with Gasteiger partial charge in [0.15, 0.2) is 0 Å². The molecule has 2 aromatic rings. The number of nitriles is 1. The predicted octanol–water partition coefficient (Wildman–Crippen LogP) is 3.68. The number of ether oxygens (including phenoxy) is 1. The summed E-state index contributed by atoms with van der Waals surface area (Å²) in [6.07, 6.45) is 1.56. The Balaban J connectivity index is 1.75. The topological polar surface area (TPSA) is 53.3 Å². The van der Waals surface area contributed by atoms with E-state index >= 15 is 0 Å². The Bertz CT molecular complexity index is 791. The molecule has 1 aliphatic heterocycles. The van der Waals surface area contributed by atoms with Crippen LogP contribution < -0.4 is 4.90 Å². The molecule has 0 fully saturated rings. The Morgan fingerprint density at radius 2 is 1.79 bits per heavy atom. The molecule has 24 heavy (non-hydrogen) atoms. The van der Waals surface area contributed by atoms with Gasteiger partial charge in [-0.05, 0) is 41.8 Å². The first kappa shape index (κ1) is 15.8. The van der Waals surface area contributed by atoms with Gasteiger partial charge in [-0.2, -0.15) is 5.26 Å². The second-order valence-electron chi connectivity index (χ2n) is 5.61. The third kappa shape index (κ3) is 3.31. The summed E-state index contributed by atoms with van der Waals surface area (Å²) in [7, 11) is 0. The molecule has 1 heterocycles. The maximum absolute atomic E-state index is 11.7. The second-order valence-corrected chi connectivity index (χ2v) is 5.61. The van der Waals surface area contributed by atoms with Gasteiger partial charge < -0.3 is 9.64 Å². The number of esters is 1. The maximum Gasteiger partial charge on any atom is 0.348 e. The zero-order chi connectivity index (χ0) is 16.9. The van der Waals surface area contributed by atoms with Gasteiger partial charge in [0.25, 0.3) is 0 Å². The third-order valence-electron chi connectivity index (χ3n) is 4.03. The molecule has 0 radical (unpaired) electrons. The molecule has 4 heteroatoms. The normalized spacial score (nSPS) is 13.3. The van der Waals surface area contributed by atoms with Crippen LogP contribution in [-0.2, 0) is 22.6 Å². The van der Waals surface area contributed by atoms with Gasteiger partial charge in [-0.25, -0.2) is 4.79 Å². The zero-order valence-electron chi connectivity index (χ0n) is 13.5. The third-order valence-corrected chi connectivity index (χ3v) is 4.03. The number of benzene rings is 2. The molecule has 3 rings (SSSR count). The van der Waals surface area contributed by atoms with Crippen molar-refractivity contribution in [2.24, 2.45) is 0 Å². The van der Waals surface area contributed by atoms with Gasteiger partial charge in [0.2, 0.25) is 0 Å². The summed E-state index contributed by atoms with van der Waals surface area (Å²) in [6, 6.07) is 18.2. The summed E-state index contributed by atoms with van der Waals surface area (Å²) in [5.41, 5.74) is 4.65. The minimum atomic E-state index is -0.584. The number of hydrogen-bond donors (Lipinski definition) is 0. The van der Waals surface area contributed by atoms with Gasteiger partial charge in [-0.15, -0.1) is 0 Å². The minimum absolute atomic E-state index is 0.0122. The van der Waals surface area contributed by atoms with E-state index in [1.165, 1.54) is 11.1 Å². The second kappa shape index (κ2) is 7.01. The molecule has 0 saturated carbocycles. The lowest BCUT2D eigenvalue weighted by atomic mass is 10.1. The van der Waals surface area contributed by atoms with E-state index in [1.807, 2.05) is 30.3 Å². The Labute approximate surface area is 141 Å². The van der Waals surface area contributed by atoms with Crippen LogP contribution in [0.3, 0.4) is 0 Å². The fraction of sp³-hybridized carbons (Fsp3) is 0.200. The van der Waals surface area contributed by atoms with E-state index in [2.05, 4.69) is 29.2 Å². The number of fused-ring (bicyclic) bond motifs is 1. The Morgan fingerprint density at radius 1 is 1.17 bits per heavy atom. The fourth-order valence-electron chi connectivity index (χ4n) is 2.81. The van der Waals surface area contributed by atoms with Crippen LogP contribution in [0.2, 0.25) is 0 Å². The highest BCUT2D eigenvalue weighted by atomic mass is 16.5. The van der Waals surface area contributed by atoms with Crippen molar-refractivity contribution in [3.05, 3.63) is 70.8 Å². The lowest BCUT2D eigenvalue weighted by Crippen LogP contribution is -2.14. The van der Waals surface area contributed by atoms with E-state index in [0.717, 1.165) is 24.3 Å². The van der Waals surface area contributed by atoms with Gasteiger partial charge >= 0.3 is 5.97 Å². The molecule has 0 bridgehead atoms. The molecule has 120 valence electrons. The first-order chi connectivity index (χ1) is 11.7. The van der Waals surface area contributed by atoms with Crippen molar-refractivity contribution in [2.45, 2.75) is 20.0 Å². The highest BCUT2D eigenvalue weighted by molar-refractivity contribution is 5.97. The molecule has 0 unspecified atom stereocenters. The van der Waals surface area contributed by atoms with Crippen molar-refractivity contribution in [1.29, 1.82) is 5.26 Å². The van der Waals surface area contributed by atoms with E-state index in [0.29, 0.717) is 0 Å². The first-order valence-electron chi connectivity index (χ1n) is 7.92. The quantitative estimate of drug-likeness (QED) is 0.490. The molecule has 0 amide bonds. The van der Waals surface area contributed by atoms with Crippen LogP contribution in [0.1, 0.15) is 23.6 Å². The smallest absolute Gasteiger partial charge is 0.348 e. The molecule has 0 aromatic heterocycles. The van der Waals surface area contributed by atoms with Crippen molar-refractivity contribution < 1.29 is 9.53 Å². The number of nitrogens with zero attached hydrogens (tertiary/aromatic N) is 2. The van der Waals surface area contributed by atoms with E-state index in [9.17, 15) is 4.79 Å². The van der Waals surface area contributed by atoms with Crippen molar-refractivity contribution >= 4 is 17.7 Å². The standard InChI is InChI=1S/C20H18N2O2/c1-2-24-20(23)18(12-21)11-15-7-9-19(10-8-15)22-13-16-5-3-4-6-17(16)14-22/h3-11H,2,13-14H2,1H3. The summed E-state index contributed by atoms with van der Waals surface area (Å²) in [5.74, 6) is -0.584. The summed E-state index contributed by atoms with van der Waals surface area (Å²) < 4.78 is 4.87. The van der Waals surface area contributed by atoms with Crippen LogP contribution in [0.4, 0.5) is 5.69 Å². The van der Waals surface area contributed by atoms with Crippen molar-refractivity contribution in [3.63, 3.8) is 0 Å². The van der Waals surface area contributed by atoms with Crippen molar-refractivity contribution in [3.8, 4) is 6.07 Å². The van der Waals surface area contributed by atoms with E-state index in [4.69, 9.17) is 10.00 Å². The lowest BCUT2D eigenvalue weighted by molar-refractivity contribution is -0.137. The van der Waals surface area contributed by atoms with Gasteiger partial charge in [-0.1, -0.05) is 36.4 Å². The van der Waals surface area contributed by atoms with Gasteiger partial charge in [0.1, 0.15) is 11.6 Å². The summed E-state index contributed by atoms with van der Waals surface area (Å²) in [5, 5.41) is 9.08. The molecule has 2 aromatic carbocycles. The molecular weight excluding hydrogens is 300 g/mol. The maximum atomic E-state index is 11.7. The average molecular weight is 318 g/mol. The molecule has 0 N–H and O–H groups in total. The SMILES string of the molecule is CCOC(=O)C(C#N)=Cc1ccc(N2Cc3ccccc3C2)cc1. The number of carbonyl (C=O) groups is 1. The molecule has 0 atom stereocenters. The van der Waals surface area contributed by atoms with E-state index in [-0.39, 0.29) is 12.2 Å². The first-order valence-corrected chi connectivity index (χ1v) is 7.92. The molecule has 0 saturated heterocycles. The lowest BCUT2D eigenvalue weighted by Gasteiger charge is -2.17.